The smallest absolute Gasteiger partial charge is 0.224 e. The number of hydrogen-bond donors (Lipinski definition) is 2. The lowest BCUT2D eigenvalue weighted by Crippen LogP contribution is -2.49. The van der Waals surface area contributed by atoms with Gasteiger partial charge in [0.1, 0.15) is 0 Å². The molecule has 0 aliphatic carbocycles. The molecule has 0 radical (unpaired) electrons. The molecule has 0 saturated carbocycles. The molecule has 4 nitrogen and oxygen atoms in total. The van der Waals surface area contributed by atoms with Gasteiger partial charge in [0.2, 0.25) is 5.91 Å². The molecular weight excluding hydrogens is 261 g/mol. The summed E-state index contributed by atoms with van der Waals surface area (Å²) in [5.74, 6) is 0.0301. The fourth-order valence-corrected chi connectivity index (χ4v) is 1.91. The average molecular weight is 286 g/mol. The van der Waals surface area contributed by atoms with E-state index in [1.807, 2.05) is 6.92 Å². The lowest BCUT2D eigenvalue weighted by Gasteiger charge is -2.32. The predicted molar refractivity (Wildman–Crippen MR) is 76.0 cm³/mol. The van der Waals surface area contributed by atoms with Crippen LogP contribution in [-0.4, -0.2) is 43.0 Å². The number of likely N-dealkylation sites (N-methyl/N-ethyl adjacent to an activating group) is 1. The molecule has 1 amide bonds. The van der Waals surface area contributed by atoms with Crippen LogP contribution in [0.15, 0.2) is 0 Å². The number of piperidine rings is 1. The average Bonchev–Trinajstić information content (AvgIpc) is 2.28. The van der Waals surface area contributed by atoms with Gasteiger partial charge < -0.3 is 16.0 Å². The van der Waals surface area contributed by atoms with Gasteiger partial charge in [0.15, 0.2) is 0 Å². The minimum absolute atomic E-state index is 0. The van der Waals surface area contributed by atoms with Crippen LogP contribution >= 0.6 is 24.8 Å². The monoisotopic (exact) mass is 285 g/mol. The maximum Gasteiger partial charge on any atom is 0.224 e. The summed E-state index contributed by atoms with van der Waals surface area (Å²) in [6, 6.07) is 0.320. The molecule has 6 heteroatoms. The number of amides is 1. The van der Waals surface area contributed by atoms with Gasteiger partial charge in [0.25, 0.3) is 0 Å². The van der Waals surface area contributed by atoms with Gasteiger partial charge in [-0.3, -0.25) is 4.79 Å². The third-order valence-corrected chi connectivity index (χ3v) is 3.10. The number of nitrogens with one attached hydrogen (secondary N) is 1. The lowest BCUT2D eigenvalue weighted by molar-refractivity contribution is -0.125. The third kappa shape index (κ3) is 6.46. The van der Waals surface area contributed by atoms with Gasteiger partial charge in [-0.1, -0.05) is 13.8 Å². The Morgan fingerprint density at radius 3 is 2.71 bits per heavy atom. The van der Waals surface area contributed by atoms with E-state index in [9.17, 15) is 4.79 Å². The van der Waals surface area contributed by atoms with Crippen molar-refractivity contribution in [2.45, 2.75) is 32.7 Å². The predicted octanol–water partition coefficient (Wildman–Crippen LogP) is 1.03. The van der Waals surface area contributed by atoms with E-state index >= 15 is 0 Å². The molecule has 1 saturated heterocycles. The van der Waals surface area contributed by atoms with Crippen molar-refractivity contribution < 1.29 is 4.79 Å². The van der Waals surface area contributed by atoms with E-state index in [-0.39, 0.29) is 36.6 Å². The number of nitrogens with two attached hydrogens (primary N) is 1. The quantitative estimate of drug-likeness (QED) is 0.811. The second kappa shape index (κ2) is 9.95. The number of hydrogen-bond acceptors (Lipinski definition) is 3. The van der Waals surface area contributed by atoms with E-state index in [1.165, 1.54) is 6.42 Å². The maximum atomic E-state index is 11.6. The normalized spacial score (nSPS) is 21.9. The Kier molecular flexibility index (Phi) is 11.3. The van der Waals surface area contributed by atoms with Crippen LogP contribution in [0.2, 0.25) is 0 Å². The first-order valence-electron chi connectivity index (χ1n) is 5.90. The second-order valence-electron chi connectivity index (χ2n) is 4.38. The highest BCUT2D eigenvalue weighted by atomic mass is 35.5. The minimum atomic E-state index is -0.0676. The maximum absolute atomic E-state index is 11.6. The third-order valence-electron chi connectivity index (χ3n) is 3.10. The standard InChI is InChI=1S/C11H23N3O.2ClH/c1-3-14-6-4-5-10(8-14)13-11(15)9(2)7-12;;/h9-10H,3-8,12H2,1-2H3,(H,13,15);2*1H. The van der Waals surface area contributed by atoms with Gasteiger partial charge in [-0.2, -0.15) is 0 Å². The highest BCUT2D eigenvalue weighted by molar-refractivity contribution is 5.85. The van der Waals surface area contributed by atoms with Crippen LogP contribution in [0.5, 0.6) is 0 Å². The number of carbonyl (C=O) groups is 1. The number of rotatable bonds is 4. The van der Waals surface area contributed by atoms with E-state index in [1.54, 1.807) is 0 Å². The van der Waals surface area contributed by atoms with Crippen LogP contribution in [0.4, 0.5) is 0 Å². The van der Waals surface area contributed by atoms with Gasteiger partial charge in [-0.05, 0) is 25.9 Å². The molecular formula is C11H25Cl2N3O. The number of halogens is 2. The minimum Gasteiger partial charge on any atom is -0.352 e. The van der Waals surface area contributed by atoms with E-state index < -0.39 is 0 Å². The molecule has 0 aromatic carbocycles. The highest BCUT2D eigenvalue weighted by Gasteiger charge is 2.21. The molecule has 1 rings (SSSR count). The molecule has 17 heavy (non-hydrogen) atoms. The van der Waals surface area contributed by atoms with Gasteiger partial charge in [-0.15, -0.1) is 24.8 Å². The van der Waals surface area contributed by atoms with Crippen molar-refractivity contribution in [3.05, 3.63) is 0 Å². The fourth-order valence-electron chi connectivity index (χ4n) is 1.91. The first kappa shape index (κ1) is 19.3. The molecule has 1 aliphatic rings. The molecule has 104 valence electrons. The number of carbonyl (C=O) groups excluding carboxylic acids is 1. The highest BCUT2D eigenvalue weighted by Crippen LogP contribution is 2.10. The van der Waals surface area contributed by atoms with Crippen LogP contribution in [0, 0.1) is 5.92 Å². The lowest BCUT2D eigenvalue weighted by atomic mass is 10.0. The summed E-state index contributed by atoms with van der Waals surface area (Å²) in [4.78, 5) is 14.0. The summed E-state index contributed by atoms with van der Waals surface area (Å²) in [7, 11) is 0. The van der Waals surface area contributed by atoms with Crippen LogP contribution in [-0.2, 0) is 4.79 Å². The molecule has 2 atom stereocenters. The molecule has 0 spiro atoms. The van der Waals surface area contributed by atoms with Crippen molar-refractivity contribution in [2.75, 3.05) is 26.2 Å². The summed E-state index contributed by atoms with van der Waals surface area (Å²) < 4.78 is 0. The molecule has 0 aromatic rings. The molecule has 1 aliphatic heterocycles. The van der Waals surface area contributed by atoms with Crippen molar-refractivity contribution in [1.29, 1.82) is 0 Å². The van der Waals surface area contributed by atoms with Gasteiger partial charge in [-0.25, -0.2) is 0 Å². The Morgan fingerprint density at radius 1 is 1.53 bits per heavy atom. The zero-order chi connectivity index (χ0) is 11.3. The zero-order valence-electron chi connectivity index (χ0n) is 10.6. The first-order chi connectivity index (χ1) is 7.17. The molecule has 1 heterocycles. The van der Waals surface area contributed by atoms with E-state index in [2.05, 4.69) is 17.1 Å². The summed E-state index contributed by atoms with van der Waals surface area (Å²) in [6.45, 7) is 7.67. The van der Waals surface area contributed by atoms with Gasteiger partial charge >= 0.3 is 0 Å². The number of likely N-dealkylation sites (tertiary alicyclic amines) is 1. The van der Waals surface area contributed by atoms with Crippen LogP contribution in [0.25, 0.3) is 0 Å². The van der Waals surface area contributed by atoms with Crippen LogP contribution in [0.3, 0.4) is 0 Å². The summed E-state index contributed by atoms with van der Waals surface area (Å²) >= 11 is 0. The second-order valence-corrected chi connectivity index (χ2v) is 4.38. The summed E-state index contributed by atoms with van der Waals surface area (Å²) in [6.07, 6.45) is 2.27. The summed E-state index contributed by atoms with van der Waals surface area (Å²) in [5, 5.41) is 3.07. The Morgan fingerprint density at radius 2 is 2.18 bits per heavy atom. The van der Waals surface area contributed by atoms with E-state index in [0.717, 1.165) is 26.1 Å². The molecule has 3 N–H and O–H groups in total. The van der Waals surface area contributed by atoms with Crippen LogP contribution in [0.1, 0.15) is 26.7 Å². The summed E-state index contributed by atoms with van der Waals surface area (Å²) in [5.41, 5.74) is 5.46. The van der Waals surface area contributed by atoms with Crippen molar-refractivity contribution in [3.8, 4) is 0 Å². The van der Waals surface area contributed by atoms with Crippen molar-refractivity contribution >= 4 is 30.7 Å². The van der Waals surface area contributed by atoms with Crippen LogP contribution < -0.4 is 11.1 Å². The van der Waals surface area contributed by atoms with Crippen molar-refractivity contribution in [1.82, 2.24) is 10.2 Å². The molecule has 0 aromatic heterocycles. The molecule has 1 fully saturated rings. The molecule has 0 bridgehead atoms. The largest absolute Gasteiger partial charge is 0.352 e. The van der Waals surface area contributed by atoms with Crippen molar-refractivity contribution in [2.24, 2.45) is 11.7 Å². The Hall–Kier alpha value is -0.0300. The fraction of sp³-hybridized carbons (Fsp3) is 0.909. The van der Waals surface area contributed by atoms with Crippen molar-refractivity contribution in [3.63, 3.8) is 0 Å². The SMILES string of the molecule is CCN1CCCC(NC(=O)C(C)CN)C1.Cl.Cl. The number of nitrogens with zero attached hydrogens (tertiary/aromatic N) is 1. The topological polar surface area (TPSA) is 58.4 Å². The van der Waals surface area contributed by atoms with E-state index in [4.69, 9.17) is 5.73 Å². The van der Waals surface area contributed by atoms with E-state index in [0.29, 0.717) is 12.6 Å². The Bertz CT molecular complexity index is 217. The Labute approximate surface area is 117 Å². The van der Waals surface area contributed by atoms with Gasteiger partial charge in [0.05, 0.1) is 0 Å². The van der Waals surface area contributed by atoms with Gasteiger partial charge in [0, 0.05) is 25.0 Å². The first-order valence-corrected chi connectivity index (χ1v) is 5.90. The zero-order valence-corrected chi connectivity index (χ0v) is 12.3. The molecule has 2 unspecified atom stereocenters. The Balaban J connectivity index is 0.